The van der Waals surface area contributed by atoms with Gasteiger partial charge in [-0.1, -0.05) is 58.0 Å². The van der Waals surface area contributed by atoms with Crippen LogP contribution in [0.4, 0.5) is 0 Å². The molecule has 1 aromatic carbocycles. The number of methoxy groups -OCH3 is 1. The van der Waals surface area contributed by atoms with Gasteiger partial charge in [0.1, 0.15) is 29.7 Å². The lowest BCUT2D eigenvalue weighted by Gasteiger charge is -2.50. The number of aliphatic hydroxyl groups is 5. The van der Waals surface area contributed by atoms with E-state index in [4.69, 9.17) is 33.2 Å². The van der Waals surface area contributed by atoms with Crippen molar-refractivity contribution in [3.63, 3.8) is 0 Å². The van der Waals surface area contributed by atoms with E-state index in [0.717, 1.165) is 5.56 Å². The Balaban J connectivity index is 1.87. The number of cyclic esters (lactones) is 1. The second kappa shape index (κ2) is 22.6. The molecule has 1 unspecified atom stereocenters. The lowest BCUT2D eigenvalue weighted by Crippen LogP contribution is -2.62. The monoisotopic (exact) mass is 897 g/mol. The maximum Gasteiger partial charge on any atom is 0.311 e. The van der Waals surface area contributed by atoms with Gasteiger partial charge in [0.15, 0.2) is 12.6 Å². The van der Waals surface area contributed by atoms with Crippen molar-refractivity contribution < 1.29 is 68.3 Å². The van der Waals surface area contributed by atoms with E-state index in [1.54, 1.807) is 41.5 Å². The summed E-state index contributed by atoms with van der Waals surface area (Å²) in [5.41, 5.74) is -3.56. The Kier molecular flexibility index (Phi) is 19.1. The largest absolute Gasteiger partial charge is 0.459 e. The molecule has 0 aromatic heterocycles. The molecule has 0 spiro atoms. The van der Waals surface area contributed by atoms with E-state index >= 15 is 0 Å². The number of Topliss-reactive ketones (excluding diaryl/α,β-unsaturated/α-hetero) is 1. The molecule has 3 aliphatic rings. The summed E-state index contributed by atoms with van der Waals surface area (Å²) >= 11 is 0. The minimum absolute atomic E-state index is 0.0205. The number of rotatable bonds is 14. The van der Waals surface area contributed by atoms with Gasteiger partial charge in [0.05, 0.1) is 60.4 Å². The van der Waals surface area contributed by atoms with E-state index in [0.29, 0.717) is 13.0 Å². The fourth-order valence-corrected chi connectivity index (χ4v) is 9.85. The Hall–Kier alpha value is -2.16. The summed E-state index contributed by atoms with van der Waals surface area (Å²) in [7, 11) is 5.22. The molecule has 0 amide bonds. The summed E-state index contributed by atoms with van der Waals surface area (Å²) in [4.78, 5) is 30.8. The topological polar surface area (TPSA) is 215 Å². The van der Waals surface area contributed by atoms with E-state index < -0.39 is 108 Å². The first-order valence-corrected chi connectivity index (χ1v) is 22.8. The number of nitrogens with one attached hydrogen (secondary N) is 1. The van der Waals surface area contributed by atoms with Crippen LogP contribution in [0.15, 0.2) is 30.3 Å². The molecule has 16 heteroatoms. The Morgan fingerprint density at radius 3 is 2.16 bits per heavy atom. The van der Waals surface area contributed by atoms with Crippen LogP contribution < -0.4 is 5.32 Å². The summed E-state index contributed by atoms with van der Waals surface area (Å²) in [6.07, 6.45) is -10.8. The van der Waals surface area contributed by atoms with Crippen molar-refractivity contribution in [1.82, 2.24) is 10.2 Å². The Labute approximate surface area is 375 Å². The summed E-state index contributed by atoms with van der Waals surface area (Å²) in [5, 5.41) is 61.1. The molecule has 4 rings (SSSR count). The van der Waals surface area contributed by atoms with Crippen LogP contribution in [0.1, 0.15) is 100 Å². The molecule has 3 saturated heterocycles. The van der Waals surface area contributed by atoms with Crippen LogP contribution in [-0.4, -0.2) is 167 Å². The second-order valence-electron chi connectivity index (χ2n) is 19.5. The highest BCUT2D eigenvalue weighted by molar-refractivity contribution is 5.83. The fourth-order valence-electron chi connectivity index (χ4n) is 9.85. The van der Waals surface area contributed by atoms with E-state index in [1.165, 1.54) is 21.0 Å². The average Bonchev–Trinajstić information content (AvgIpc) is 3.24. The number of carbonyl (C=O) groups is 2. The third kappa shape index (κ3) is 12.8. The number of nitrogens with zero attached hydrogens (tertiary/aromatic N) is 1. The van der Waals surface area contributed by atoms with Gasteiger partial charge >= 0.3 is 5.97 Å². The maximum atomic E-state index is 14.5. The molecule has 3 fully saturated rings. The van der Waals surface area contributed by atoms with E-state index in [-0.39, 0.29) is 50.3 Å². The molecule has 6 N–H and O–H groups in total. The number of carbonyl (C=O) groups excluding carboxylic acids is 2. The number of hydrogen-bond acceptors (Lipinski definition) is 16. The fraction of sp³-hybridized carbons (Fsp3) is 0.830. The second-order valence-corrected chi connectivity index (χ2v) is 19.5. The molecule has 0 saturated carbocycles. The molecule has 0 aliphatic carbocycles. The molecule has 3 aliphatic heterocycles. The smallest absolute Gasteiger partial charge is 0.311 e. The SMILES string of the molecule is CC[C@H]1OC(=O)[C@H](C)[C@@H](O[C@H]2C[C@@](C)(OC)[C@@H](O)[C@H](C)O2)[C@H](C)[C@@H](O[C@@H]2O[C@H](C)C[C@H](N(C)C)[C@H]2O)[C@@](C)(OCC(O)CNCc2ccccc2)C[C@@H](C)C(=O)[C@H](C)[C@@H](O)[C@]1(C)O. The lowest BCUT2D eigenvalue weighted by molar-refractivity contribution is -0.321. The number of benzene rings is 1. The minimum Gasteiger partial charge on any atom is -0.459 e. The Bertz CT molecular complexity index is 1590. The predicted molar refractivity (Wildman–Crippen MR) is 234 cm³/mol. The first-order chi connectivity index (χ1) is 29.4. The number of esters is 1. The van der Waals surface area contributed by atoms with Crippen LogP contribution >= 0.6 is 0 Å². The van der Waals surface area contributed by atoms with Crippen LogP contribution in [0.3, 0.4) is 0 Å². The zero-order valence-corrected chi connectivity index (χ0v) is 39.9. The van der Waals surface area contributed by atoms with Crippen molar-refractivity contribution >= 4 is 11.8 Å². The van der Waals surface area contributed by atoms with Crippen molar-refractivity contribution in [2.75, 3.05) is 34.4 Å². The van der Waals surface area contributed by atoms with Crippen molar-refractivity contribution in [3.8, 4) is 0 Å². The number of likely N-dealkylation sites (N-methyl/N-ethyl adjacent to an activating group) is 1. The van der Waals surface area contributed by atoms with Gasteiger partial charge in [0, 0.05) is 50.4 Å². The third-order valence-electron chi connectivity index (χ3n) is 14.0. The molecule has 16 nitrogen and oxygen atoms in total. The van der Waals surface area contributed by atoms with Gasteiger partial charge < -0.3 is 68.9 Å². The van der Waals surface area contributed by atoms with E-state index in [9.17, 15) is 35.1 Å². The highest BCUT2D eigenvalue weighted by atomic mass is 16.7. The number of aliphatic hydroxyl groups excluding tert-OH is 4. The van der Waals surface area contributed by atoms with Gasteiger partial charge in [0.2, 0.25) is 0 Å². The molecule has 362 valence electrons. The highest BCUT2D eigenvalue weighted by Gasteiger charge is 2.54. The molecular formula is C47H80N2O14. The molecular weight excluding hydrogens is 817 g/mol. The average molecular weight is 897 g/mol. The zero-order valence-electron chi connectivity index (χ0n) is 39.9. The summed E-state index contributed by atoms with van der Waals surface area (Å²) < 4.78 is 45.1. The van der Waals surface area contributed by atoms with Crippen LogP contribution in [0.25, 0.3) is 0 Å². The Morgan fingerprint density at radius 1 is 0.905 bits per heavy atom. The summed E-state index contributed by atoms with van der Waals surface area (Å²) in [6, 6.07) is 9.40. The van der Waals surface area contributed by atoms with Crippen molar-refractivity contribution in [1.29, 1.82) is 0 Å². The quantitative estimate of drug-likeness (QED) is 0.148. The minimum atomic E-state index is -2.03. The number of ether oxygens (including phenoxy) is 7. The first kappa shape index (κ1) is 53.5. The molecule has 1 aromatic rings. The highest BCUT2D eigenvalue weighted by Crippen LogP contribution is 2.42. The van der Waals surface area contributed by atoms with Gasteiger partial charge in [-0.2, -0.15) is 0 Å². The molecule has 0 bridgehead atoms. The summed E-state index contributed by atoms with van der Waals surface area (Å²) in [6.45, 7) is 17.3. The molecule has 63 heavy (non-hydrogen) atoms. The van der Waals surface area contributed by atoms with Crippen molar-refractivity contribution in [2.24, 2.45) is 23.7 Å². The number of hydrogen-bond donors (Lipinski definition) is 6. The van der Waals surface area contributed by atoms with Crippen LogP contribution in [-0.2, 0) is 49.3 Å². The predicted octanol–water partition coefficient (Wildman–Crippen LogP) is 2.96. The van der Waals surface area contributed by atoms with Gasteiger partial charge in [-0.15, -0.1) is 0 Å². The van der Waals surface area contributed by atoms with Crippen LogP contribution in [0.2, 0.25) is 0 Å². The van der Waals surface area contributed by atoms with Crippen molar-refractivity contribution in [3.05, 3.63) is 35.9 Å². The standard InChI is InChI=1S/C47H80N2O14/c1-14-35-47(10,56)40(53)28(4)37(51)26(2)21-46(9,58-25-33(50)24-48-23-32-18-16-15-17-19-32)42(63-44-38(52)34(49(11)12)20-27(3)59-44)29(5)39(30(6)43(55)61-35)62-36-22-45(8,57-13)41(54)31(7)60-36/h15-19,26-31,33-36,38-42,44,48,50,52-54,56H,14,20-25H2,1-13H3/t26-,27-,28+,29+,30-,31+,33?,34+,35-,36+,38-,39+,40-,41+,42-,44+,45-,46+,47-/m1/s1. The van der Waals surface area contributed by atoms with Crippen LogP contribution in [0, 0.1) is 23.7 Å². The Morgan fingerprint density at radius 2 is 1.56 bits per heavy atom. The van der Waals surface area contributed by atoms with E-state index in [1.807, 2.05) is 63.2 Å². The van der Waals surface area contributed by atoms with Crippen molar-refractivity contribution in [2.45, 2.75) is 192 Å². The van der Waals surface area contributed by atoms with E-state index in [2.05, 4.69) is 5.32 Å². The van der Waals surface area contributed by atoms with Gasteiger partial charge in [-0.3, -0.25) is 9.59 Å². The first-order valence-electron chi connectivity index (χ1n) is 22.8. The van der Waals surface area contributed by atoms with Gasteiger partial charge in [-0.05, 0) is 80.5 Å². The molecule has 19 atom stereocenters. The van der Waals surface area contributed by atoms with Gasteiger partial charge in [-0.25, -0.2) is 0 Å². The van der Waals surface area contributed by atoms with Crippen LogP contribution in [0.5, 0.6) is 0 Å². The number of ketones is 1. The maximum absolute atomic E-state index is 14.5. The lowest BCUT2D eigenvalue weighted by atomic mass is 9.73. The normalized spacial score (nSPS) is 43.0. The van der Waals surface area contributed by atoms with Gasteiger partial charge in [0.25, 0.3) is 0 Å². The zero-order chi connectivity index (χ0) is 47.2. The summed E-state index contributed by atoms with van der Waals surface area (Å²) in [5.74, 6) is -4.99. The third-order valence-corrected chi connectivity index (χ3v) is 14.0. The molecule has 0 radical (unpaired) electrons. The molecule has 3 heterocycles.